The zero-order chi connectivity index (χ0) is 17.2. The van der Waals surface area contributed by atoms with Gasteiger partial charge in [-0.25, -0.2) is 4.39 Å². The van der Waals surface area contributed by atoms with Crippen LogP contribution in [-0.4, -0.2) is 35.9 Å². The van der Waals surface area contributed by atoms with Gasteiger partial charge in [0.05, 0.1) is 19.9 Å². The summed E-state index contributed by atoms with van der Waals surface area (Å²) in [6.45, 7) is 0.979. The number of hydrogen-bond acceptors (Lipinski definition) is 4. The first-order valence-electron chi connectivity index (χ1n) is 7.79. The molecule has 2 aromatic rings. The van der Waals surface area contributed by atoms with Crippen LogP contribution in [0.4, 0.5) is 4.39 Å². The molecule has 128 valence electrons. The Labute approximate surface area is 139 Å². The van der Waals surface area contributed by atoms with Crippen molar-refractivity contribution in [2.75, 3.05) is 20.3 Å². The van der Waals surface area contributed by atoms with Gasteiger partial charge in [0.2, 0.25) is 0 Å². The summed E-state index contributed by atoms with van der Waals surface area (Å²) in [6, 6.07) is 4.03. The minimum atomic E-state index is -0.561. The molecule has 7 heteroatoms. The molecule has 1 aromatic heterocycles. The van der Waals surface area contributed by atoms with Gasteiger partial charge in [0.25, 0.3) is 5.91 Å². The number of amides is 1. The molecule has 3 rings (SSSR count). The molecule has 1 atom stereocenters. The summed E-state index contributed by atoms with van der Waals surface area (Å²) in [5, 5.41) is 7.07. The van der Waals surface area contributed by atoms with Crippen molar-refractivity contribution in [1.29, 1.82) is 0 Å². The zero-order valence-electron chi connectivity index (χ0n) is 13.7. The van der Waals surface area contributed by atoms with E-state index in [9.17, 15) is 9.18 Å². The molecule has 1 unspecified atom stereocenters. The maximum Gasteiger partial charge on any atom is 0.251 e. The number of ether oxygens (including phenoxy) is 2. The van der Waals surface area contributed by atoms with Gasteiger partial charge in [0.1, 0.15) is 5.60 Å². The summed E-state index contributed by atoms with van der Waals surface area (Å²) in [4.78, 5) is 12.4. The third kappa shape index (κ3) is 3.12. The predicted octanol–water partition coefficient (Wildman–Crippen LogP) is 2.00. The minimum Gasteiger partial charge on any atom is -0.494 e. The van der Waals surface area contributed by atoms with Crippen molar-refractivity contribution < 1.29 is 18.7 Å². The molecule has 1 fully saturated rings. The molecule has 0 aliphatic carbocycles. The Morgan fingerprint density at radius 2 is 2.38 bits per heavy atom. The van der Waals surface area contributed by atoms with Crippen LogP contribution in [0, 0.1) is 5.82 Å². The molecule has 1 saturated heterocycles. The van der Waals surface area contributed by atoms with Gasteiger partial charge in [-0.1, -0.05) is 0 Å². The van der Waals surface area contributed by atoms with Crippen LogP contribution in [0.25, 0.3) is 0 Å². The molecule has 1 aliphatic rings. The van der Waals surface area contributed by atoms with E-state index in [2.05, 4.69) is 10.4 Å². The Hall–Kier alpha value is -2.41. The van der Waals surface area contributed by atoms with Gasteiger partial charge in [0, 0.05) is 31.0 Å². The van der Waals surface area contributed by atoms with E-state index in [1.165, 1.54) is 25.3 Å². The van der Waals surface area contributed by atoms with Crippen LogP contribution in [0.5, 0.6) is 5.75 Å². The molecule has 1 N–H and O–H groups in total. The SMILES string of the molecule is COc1cc(C(=O)NCC2(c3cnn(C)c3)CCCO2)ccc1F. The number of aromatic nitrogens is 2. The first kappa shape index (κ1) is 16.4. The number of carbonyl (C=O) groups is 1. The van der Waals surface area contributed by atoms with E-state index in [1.807, 2.05) is 13.2 Å². The highest BCUT2D eigenvalue weighted by Crippen LogP contribution is 2.35. The molecule has 6 nitrogen and oxygen atoms in total. The maximum absolute atomic E-state index is 13.5. The average molecular weight is 333 g/mol. The minimum absolute atomic E-state index is 0.0433. The summed E-state index contributed by atoms with van der Waals surface area (Å²) in [7, 11) is 3.21. The molecule has 1 aliphatic heterocycles. The fourth-order valence-electron chi connectivity index (χ4n) is 2.95. The topological polar surface area (TPSA) is 65.4 Å². The Bertz CT molecular complexity index is 738. The third-order valence-corrected chi connectivity index (χ3v) is 4.28. The quantitative estimate of drug-likeness (QED) is 0.909. The van der Waals surface area contributed by atoms with E-state index in [-0.39, 0.29) is 11.7 Å². The lowest BCUT2D eigenvalue weighted by Gasteiger charge is -2.27. The van der Waals surface area contributed by atoms with Crippen LogP contribution >= 0.6 is 0 Å². The highest BCUT2D eigenvalue weighted by Gasteiger charge is 2.38. The van der Waals surface area contributed by atoms with Crippen molar-refractivity contribution in [3.05, 3.63) is 47.5 Å². The van der Waals surface area contributed by atoms with Gasteiger partial charge in [-0.05, 0) is 31.0 Å². The lowest BCUT2D eigenvalue weighted by Crippen LogP contribution is -2.40. The molecule has 0 bridgehead atoms. The number of hydrogen-bond donors (Lipinski definition) is 1. The molecular formula is C17H20FN3O3. The summed E-state index contributed by atoms with van der Waals surface area (Å²) < 4.78 is 26.0. The third-order valence-electron chi connectivity index (χ3n) is 4.28. The van der Waals surface area contributed by atoms with Crippen molar-refractivity contribution >= 4 is 5.91 Å². The van der Waals surface area contributed by atoms with Gasteiger partial charge < -0.3 is 14.8 Å². The lowest BCUT2D eigenvalue weighted by atomic mass is 9.93. The Balaban J connectivity index is 1.74. The second-order valence-corrected chi connectivity index (χ2v) is 5.88. The molecule has 24 heavy (non-hydrogen) atoms. The van der Waals surface area contributed by atoms with Crippen LogP contribution in [-0.2, 0) is 17.4 Å². The maximum atomic E-state index is 13.5. The van der Waals surface area contributed by atoms with Gasteiger partial charge >= 0.3 is 0 Å². The standard InChI is InChI=1S/C17H20FN3O3/c1-21-10-13(9-20-21)17(6-3-7-24-17)11-19-16(22)12-4-5-14(18)15(8-12)23-2/h4-5,8-10H,3,6-7,11H2,1-2H3,(H,19,22). The van der Waals surface area contributed by atoms with Crippen molar-refractivity contribution in [3.8, 4) is 5.75 Å². The molecule has 0 radical (unpaired) electrons. The molecule has 1 amide bonds. The number of carbonyl (C=O) groups excluding carboxylic acids is 1. The van der Waals surface area contributed by atoms with Crippen molar-refractivity contribution in [2.45, 2.75) is 18.4 Å². The second kappa shape index (κ2) is 6.60. The van der Waals surface area contributed by atoms with Gasteiger partial charge in [0.15, 0.2) is 11.6 Å². The van der Waals surface area contributed by atoms with E-state index >= 15 is 0 Å². The number of halogens is 1. The van der Waals surface area contributed by atoms with E-state index in [0.717, 1.165) is 18.4 Å². The number of nitrogens with one attached hydrogen (secondary N) is 1. The van der Waals surface area contributed by atoms with Crippen molar-refractivity contribution in [3.63, 3.8) is 0 Å². The first-order valence-corrected chi connectivity index (χ1v) is 7.79. The smallest absolute Gasteiger partial charge is 0.251 e. The number of methoxy groups -OCH3 is 1. The number of rotatable bonds is 5. The largest absolute Gasteiger partial charge is 0.494 e. The van der Waals surface area contributed by atoms with Crippen molar-refractivity contribution in [2.24, 2.45) is 7.05 Å². The van der Waals surface area contributed by atoms with Crippen molar-refractivity contribution in [1.82, 2.24) is 15.1 Å². The summed E-state index contributed by atoms with van der Waals surface area (Å²) in [5.74, 6) is -0.756. The van der Waals surface area contributed by atoms with Gasteiger partial charge in [-0.2, -0.15) is 5.10 Å². The monoisotopic (exact) mass is 333 g/mol. The van der Waals surface area contributed by atoms with Crippen LogP contribution < -0.4 is 10.1 Å². The van der Waals surface area contributed by atoms with E-state index in [0.29, 0.717) is 18.7 Å². The number of nitrogens with zero attached hydrogens (tertiary/aromatic N) is 2. The van der Waals surface area contributed by atoms with E-state index in [1.54, 1.807) is 10.9 Å². The van der Waals surface area contributed by atoms with Gasteiger partial charge in [-0.15, -0.1) is 0 Å². The first-order chi connectivity index (χ1) is 11.5. The van der Waals surface area contributed by atoms with Crippen LogP contribution in [0.15, 0.2) is 30.6 Å². The Morgan fingerprint density at radius 1 is 1.54 bits per heavy atom. The Kier molecular flexibility index (Phi) is 4.53. The molecule has 1 aromatic carbocycles. The normalized spacial score (nSPS) is 20.1. The lowest BCUT2D eigenvalue weighted by molar-refractivity contribution is 0.00129. The second-order valence-electron chi connectivity index (χ2n) is 5.88. The van der Waals surface area contributed by atoms with Crippen LogP contribution in [0.3, 0.4) is 0 Å². The van der Waals surface area contributed by atoms with Crippen LogP contribution in [0.1, 0.15) is 28.8 Å². The zero-order valence-corrected chi connectivity index (χ0v) is 13.7. The predicted molar refractivity (Wildman–Crippen MR) is 85.4 cm³/mol. The summed E-state index contributed by atoms with van der Waals surface area (Å²) in [6.07, 6.45) is 5.40. The number of benzene rings is 1. The number of aryl methyl sites for hydroxylation is 1. The van der Waals surface area contributed by atoms with E-state index in [4.69, 9.17) is 9.47 Å². The molecule has 0 spiro atoms. The average Bonchev–Trinajstić information content (AvgIpc) is 3.23. The fraction of sp³-hybridized carbons (Fsp3) is 0.412. The Morgan fingerprint density at radius 3 is 3.00 bits per heavy atom. The highest BCUT2D eigenvalue weighted by molar-refractivity contribution is 5.94. The summed E-state index contributed by atoms with van der Waals surface area (Å²) >= 11 is 0. The molecular weight excluding hydrogens is 313 g/mol. The highest BCUT2D eigenvalue weighted by atomic mass is 19.1. The summed E-state index contributed by atoms with van der Waals surface area (Å²) in [5.41, 5.74) is 0.723. The molecule has 0 saturated carbocycles. The van der Waals surface area contributed by atoms with E-state index < -0.39 is 11.4 Å². The van der Waals surface area contributed by atoms with Gasteiger partial charge in [-0.3, -0.25) is 9.48 Å². The fourth-order valence-corrected chi connectivity index (χ4v) is 2.95. The van der Waals surface area contributed by atoms with Crippen LogP contribution in [0.2, 0.25) is 0 Å². The molecule has 2 heterocycles.